The predicted molar refractivity (Wildman–Crippen MR) is 148 cm³/mol. The zero-order valence-electron chi connectivity index (χ0n) is 23.8. The van der Waals surface area contributed by atoms with Crippen LogP contribution in [0.25, 0.3) is 0 Å². The Morgan fingerprint density at radius 2 is 1.37 bits per heavy atom. The average molecular weight is 538 g/mol. The van der Waals surface area contributed by atoms with Crippen molar-refractivity contribution in [2.75, 3.05) is 86.4 Å². The molecule has 1 fully saturated rings. The minimum Gasteiger partial charge on any atom is -0.491 e. The smallest absolute Gasteiger partial charge is 0.119 e. The highest BCUT2D eigenvalue weighted by Gasteiger charge is 2.43. The summed E-state index contributed by atoms with van der Waals surface area (Å²) in [5.74, 6) is 1.52. The van der Waals surface area contributed by atoms with Crippen molar-refractivity contribution in [1.82, 2.24) is 0 Å². The van der Waals surface area contributed by atoms with E-state index in [9.17, 15) is 0 Å². The molecule has 0 amide bonds. The standard InChI is InChI=1S/C30H51NO7/c1-30-10-5-3-4-7-26(29(30)31)23-25-8-9-27(24-28(25)30)38-22-21-34-12-6-11-33-15-16-36-19-20-37-18-17-35-14-13-32-2/h8-9,24,26,29H,3-7,10-23,31H2,1-2H3/t26-,29?,30+/m0/s1. The van der Waals surface area contributed by atoms with Gasteiger partial charge in [-0.25, -0.2) is 0 Å². The van der Waals surface area contributed by atoms with Crippen LogP contribution in [0, 0.1) is 5.92 Å². The van der Waals surface area contributed by atoms with Crippen LogP contribution in [0.2, 0.25) is 0 Å². The first kappa shape index (κ1) is 31.3. The largest absolute Gasteiger partial charge is 0.491 e. The monoisotopic (exact) mass is 537 g/mol. The van der Waals surface area contributed by atoms with Gasteiger partial charge in [0.2, 0.25) is 0 Å². The highest BCUT2D eigenvalue weighted by atomic mass is 16.6. The number of fused-ring (bicyclic) bond motifs is 4. The van der Waals surface area contributed by atoms with E-state index < -0.39 is 0 Å². The molecule has 0 saturated heterocycles. The van der Waals surface area contributed by atoms with Crippen LogP contribution in [0.4, 0.5) is 0 Å². The van der Waals surface area contributed by atoms with Crippen LogP contribution in [-0.2, 0) is 40.3 Å². The zero-order valence-corrected chi connectivity index (χ0v) is 23.8. The van der Waals surface area contributed by atoms with Crippen LogP contribution < -0.4 is 10.5 Å². The molecule has 2 N–H and O–H groups in total. The fraction of sp³-hybridized carbons (Fsp3) is 0.800. The van der Waals surface area contributed by atoms with E-state index in [4.69, 9.17) is 38.9 Å². The molecule has 0 radical (unpaired) electrons. The van der Waals surface area contributed by atoms with Gasteiger partial charge in [0.1, 0.15) is 12.4 Å². The molecule has 2 aliphatic carbocycles. The van der Waals surface area contributed by atoms with E-state index in [1.54, 1.807) is 7.11 Å². The lowest BCUT2D eigenvalue weighted by Crippen LogP contribution is -2.52. The van der Waals surface area contributed by atoms with E-state index in [1.165, 1.54) is 43.2 Å². The number of benzene rings is 1. The number of hydrogen-bond donors (Lipinski definition) is 1. The summed E-state index contributed by atoms with van der Waals surface area (Å²) in [7, 11) is 1.66. The van der Waals surface area contributed by atoms with Gasteiger partial charge in [0.25, 0.3) is 0 Å². The Bertz CT molecular complexity index is 764. The number of methoxy groups -OCH3 is 1. The van der Waals surface area contributed by atoms with E-state index in [1.807, 2.05) is 0 Å². The van der Waals surface area contributed by atoms with Crippen LogP contribution in [0.15, 0.2) is 18.2 Å². The van der Waals surface area contributed by atoms with Crippen molar-refractivity contribution >= 4 is 0 Å². The van der Waals surface area contributed by atoms with Gasteiger partial charge in [0.15, 0.2) is 0 Å². The highest BCUT2D eigenvalue weighted by molar-refractivity contribution is 5.44. The van der Waals surface area contributed by atoms with Crippen LogP contribution in [0.3, 0.4) is 0 Å². The lowest BCUT2D eigenvalue weighted by molar-refractivity contribution is -0.00969. The Balaban J connectivity index is 1.17. The third kappa shape index (κ3) is 10.4. The van der Waals surface area contributed by atoms with Gasteiger partial charge in [0.05, 0.1) is 59.5 Å². The van der Waals surface area contributed by atoms with Gasteiger partial charge in [-0.05, 0) is 54.9 Å². The van der Waals surface area contributed by atoms with Crippen LogP contribution in [0.1, 0.15) is 56.6 Å². The lowest BCUT2D eigenvalue weighted by Gasteiger charge is -2.47. The number of ether oxygens (including phenoxy) is 7. The Labute approximate surface area is 229 Å². The van der Waals surface area contributed by atoms with Gasteiger partial charge >= 0.3 is 0 Å². The second kappa shape index (κ2) is 18.2. The van der Waals surface area contributed by atoms with E-state index in [0.29, 0.717) is 85.2 Å². The molecule has 1 saturated carbocycles. The molecular formula is C30H51NO7. The fourth-order valence-electron chi connectivity index (χ4n) is 5.61. The highest BCUT2D eigenvalue weighted by Crippen LogP contribution is 2.46. The third-order valence-electron chi connectivity index (χ3n) is 7.81. The first-order valence-electron chi connectivity index (χ1n) is 14.5. The topological polar surface area (TPSA) is 90.6 Å². The molecule has 8 nitrogen and oxygen atoms in total. The van der Waals surface area contributed by atoms with Gasteiger partial charge in [-0.2, -0.15) is 0 Å². The Kier molecular flexibility index (Phi) is 14.9. The van der Waals surface area contributed by atoms with Crippen LogP contribution >= 0.6 is 0 Å². The fourth-order valence-corrected chi connectivity index (χ4v) is 5.61. The van der Waals surface area contributed by atoms with Crippen molar-refractivity contribution < 1.29 is 33.2 Å². The maximum Gasteiger partial charge on any atom is 0.119 e. The Morgan fingerprint density at radius 1 is 0.763 bits per heavy atom. The number of rotatable bonds is 20. The quantitative estimate of drug-likeness (QED) is 0.251. The van der Waals surface area contributed by atoms with Gasteiger partial charge < -0.3 is 38.9 Å². The number of hydrogen-bond acceptors (Lipinski definition) is 8. The predicted octanol–water partition coefficient (Wildman–Crippen LogP) is 3.91. The molecule has 1 aromatic carbocycles. The van der Waals surface area contributed by atoms with Gasteiger partial charge in [0, 0.05) is 31.8 Å². The third-order valence-corrected chi connectivity index (χ3v) is 7.81. The van der Waals surface area contributed by atoms with E-state index in [0.717, 1.165) is 18.6 Å². The Morgan fingerprint density at radius 3 is 2.03 bits per heavy atom. The van der Waals surface area contributed by atoms with Crippen molar-refractivity contribution in [1.29, 1.82) is 0 Å². The number of nitrogens with two attached hydrogens (primary N) is 1. The molecule has 1 aromatic rings. The average Bonchev–Trinajstić information content (AvgIpc) is 2.92. The van der Waals surface area contributed by atoms with Crippen LogP contribution in [0.5, 0.6) is 5.75 Å². The molecule has 0 spiro atoms. The Hall–Kier alpha value is -1.26. The zero-order chi connectivity index (χ0) is 26.9. The van der Waals surface area contributed by atoms with Crippen molar-refractivity contribution in [2.45, 2.75) is 63.3 Å². The second-order valence-electron chi connectivity index (χ2n) is 10.6. The van der Waals surface area contributed by atoms with Crippen molar-refractivity contribution in [2.24, 2.45) is 11.7 Å². The minimum atomic E-state index is 0.0485. The molecule has 8 heteroatoms. The molecule has 0 heterocycles. The second-order valence-corrected chi connectivity index (χ2v) is 10.6. The van der Waals surface area contributed by atoms with E-state index in [2.05, 4.69) is 25.1 Å². The normalized spacial score (nSPS) is 23.0. The molecular weight excluding hydrogens is 486 g/mol. The maximum absolute atomic E-state index is 6.81. The summed E-state index contributed by atoms with van der Waals surface area (Å²) in [4.78, 5) is 0. The molecule has 0 aliphatic heterocycles. The molecule has 218 valence electrons. The summed E-state index contributed by atoms with van der Waals surface area (Å²) in [6.07, 6.45) is 8.27. The molecule has 2 aliphatic rings. The van der Waals surface area contributed by atoms with Gasteiger partial charge in [-0.1, -0.05) is 32.3 Å². The molecule has 3 atom stereocenters. The first-order chi connectivity index (χ1) is 18.6. The molecule has 2 bridgehead atoms. The molecule has 3 rings (SSSR count). The summed E-state index contributed by atoms with van der Waals surface area (Å²) < 4.78 is 38.5. The molecule has 38 heavy (non-hydrogen) atoms. The summed E-state index contributed by atoms with van der Waals surface area (Å²) in [5, 5.41) is 0. The van der Waals surface area contributed by atoms with Crippen molar-refractivity contribution in [3.63, 3.8) is 0 Å². The lowest BCUT2D eigenvalue weighted by atomic mass is 9.60. The molecule has 0 aromatic heterocycles. The molecule has 1 unspecified atom stereocenters. The summed E-state index contributed by atoms with van der Waals surface area (Å²) >= 11 is 0. The van der Waals surface area contributed by atoms with Gasteiger partial charge in [-0.3, -0.25) is 0 Å². The summed E-state index contributed by atoms with van der Waals surface area (Å²) in [6, 6.07) is 6.85. The van der Waals surface area contributed by atoms with Crippen molar-refractivity contribution in [3.05, 3.63) is 29.3 Å². The minimum absolute atomic E-state index is 0.0485. The van der Waals surface area contributed by atoms with Crippen molar-refractivity contribution in [3.8, 4) is 5.75 Å². The summed E-state index contributed by atoms with van der Waals surface area (Å²) in [5.41, 5.74) is 9.73. The van der Waals surface area contributed by atoms with E-state index in [-0.39, 0.29) is 11.5 Å². The summed E-state index contributed by atoms with van der Waals surface area (Å²) in [6.45, 7) is 9.38. The maximum atomic E-state index is 6.81. The first-order valence-corrected chi connectivity index (χ1v) is 14.5. The van der Waals surface area contributed by atoms with E-state index >= 15 is 0 Å². The van der Waals surface area contributed by atoms with Crippen LogP contribution in [-0.4, -0.2) is 92.4 Å². The van der Waals surface area contributed by atoms with Gasteiger partial charge in [-0.15, -0.1) is 0 Å². The SMILES string of the molecule is COCCOCCOCCOCCOCCCOCCOc1ccc2c(c1)[C@@]1(C)CCCCC[C@@H](C2)C1N.